The summed E-state index contributed by atoms with van der Waals surface area (Å²) in [7, 11) is 0. The highest BCUT2D eigenvalue weighted by atomic mass is 32.1. The molecule has 2 saturated heterocycles. The molecule has 5 unspecified atom stereocenters. The molecule has 7 nitrogen and oxygen atoms in total. The molecule has 2 aliphatic rings. The highest BCUT2D eigenvalue weighted by molar-refractivity contribution is 7.15. The first-order valence-electron chi connectivity index (χ1n) is 11.5. The predicted molar refractivity (Wildman–Crippen MR) is 130 cm³/mol. The Morgan fingerprint density at radius 1 is 1.09 bits per heavy atom. The maximum atomic E-state index is 11.1. The van der Waals surface area contributed by atoms with Crippen LogP contribution in [0, 0.1) is 6.92 Å². The van der Waals surface area contributed by atoms with Crippen LogP contribution in [0.25, 0.3) is 10.4 Å². The lowest BCUT2D eigenvalue weighted by Crippen LogP contribution is -2.37. The summed E-state index contributed by atoms with van der Waals surface area (Å²) in [5.41, 5.74) is 4.06. The van der Waals surface area contributed by atoms with E-state index in [0.29, 0.717) is 12.0 Å². The quantitative estimate of drug-likeness (QED) is 0.468. The number of aromatic carboxylic acids is 1. The molecule has 2 aromatic carbocycles. The van der Waals surface area contributed by atoms with Gasteiger partial charge in [0.05, 0.1) is 5.56 Å². The van der Waals surface area contributed by atoms with Crippen LogP contribution in [0.2, 0.25) is 0 Å². The zero-order valence-corrected chi connectivity index (χ0v) is 20.5. The Morgan fingerprint density at radius 3 is 2.51 bits per heavy atom. The number of carbonyl (C=O) groups is 1. The molecule has 0 bridgehead atoms. The highest BCUT2D eigenvalue weighted by Gasteiger charge is 2.56. The lowest BCUT2D eigenvalue weighted by atomic mass is 9.94. The molecule has 5 rings (SSSR count). The Morgan fingerprint density at radius 2 is 1.83 bits per heavy atom. The van der Waals surface area contributed by atoms with Crippen molar-refractivity contribution in [2.24, 2.45) is 0 Å². The van der Waals surface area contributed by atoms with E-state index in [1.54, 1.807) is 37.3 Å². The number of carboxylic acid groups (broad SMARTS) is 1. The van der Waals surface area contributed by atoms with Gasteiger partial charge in [-0.05, 0) is 67.3 Å². The Hall–Kier alpha value is -2.59. The third-order valence-corrected chi connectivity index (χ3v) is 7.66. The smallest absolute Gasteiger partial charge is 0.335 e. The molecule has 5 atom stereocenters. The van der Waals surface area contributed by atoms with Gasteiger partial charge in [-0.3, -0.25) is 0 Å². The van der Waals surface area contributed by atoms with Gasteiger partial charge in [-0.15, -0.1) is 11.3 Å². The van der Waals surface area contributed by atoms with E-state index in [4.69, 9.17) is 19.3 Å². The number of aliphatic hydroxyl groups excluding tert-OH is 2. The van der Waals surface area contributed by atoms with E-state index >= 15 is 0 Å². The van der Waals surface area contributed by atoms with Gasteiger partial charge in [-0.2, -0.15) is 0 Å². The van der Waals surface area contributed by atoms with Crippen molar-refractivity contribution in [2.75, 3.05) is 0 Å². The van der Waals surface area contributed by atoms with Gasteiger partial charge in [0.1, 0.15) is 24.4 Å². The lowest BCUT2D eigenvalue weighted by molar-refractivity contribution is -0.226. The van der Waals surface area contributed by atoms with Gasteiger partial charge >= 0.3 is 5.97 Å². The zero-order chi connectivity index (χ0) is 24.9. The second kappa shape index (κ2) is 9.13. The van der Waals surface area contributed by atoms with E-state index < -0.39 is 42.5 Å². The van der Waals surface area contributed by atoms with Gasteiger partial charge in [0, 0.05) is 16.2 Å². The summed E-state index contributed by atoms with van der Waals surface area (Å²) in [4.78, 5) is 13.3. The van der Waals surface area contributed by atoms with Gasteiger partial charge in [0.25, 0.3) is 0 Å². The number of rotatable bonds is 6. The summed E-state index contributed by atoms with van der Waals surface area (Å²) in [6, 6.07) is 16.7. The van der Waals surface area contributed by atoms with Crippen molar-refractivity contribution in [2.45, 2.75) is 63.7 Å². The number of thiophene rings is 1. The van der Waals surface area contributed by atoms with Crippen LogP contribution < -0.4 is 0 Å². The summed E-state index contributed by atoms with van der Waals surface area (Å²) >= 11 is 1.65. The maximum absolute atomic E-state index is 11.1. The van der Waals surface area contributed by atoms with E-state index in [2.05, 4.69) is 6.07 Å². The predicted octanol–water partition coefficient (Wildman–Crippen LogP) is 4.28. The number of hydrogen-bond donors (Lipinski definition) is 3. The van der Waals surface area contributed by atoms with Crippen molar-refractivity contribution in [1.29, 1.82) is 0 Å². The summed E-state index contributed by atoms with van der Waals surface area (Å²) in [5, 5.41) is 30.9. The first-order chi connectivity index (χ1) is 16.6. The van der Waals surface area contributed by atoms with E-state index in [1.165, 1.54) is 0 Å². The Kier molecular flexibility index (Phi) is 6.29. The fourth-order valence-electron chi connectivity index (χ4n) is 4.63. The summed E-state index contributed by atoms with van der Waals surface area (Å²) in [5.74, 6) is -1.77. The van der Waals surface area contributed by atoms with Crippen LogP contribution in [0.15, 0.2) is 54.6 Å². The molecule has 184 valence electrons. The summed E-state index contributed by atoms with van der Waals surface area (Å²) < 4.78 is 17.3. The topological polar surface area (TPSA) is 105 Å². The van der Waals surface area contributed by atoms with Crippen LogP contribution in [0.4, 0.5) is 0 Å². The van der Waals surface area contributed by atoms with Gasteiger partial charge in [0.2, 0.25) is 0 Å². The van der Waals surface area contributed by atoms with Crippen LogP contribution in [0.1, 0.15) is 51.9 Å². The molecule has 0 radical (unpaired) electrons. The minimum atomic E-state index is -1.03. The van der Waals surface area contributed by atoms with Gasteiger partial charge in [0.15, 0.2) is 12.1 Å². The average Bonchev–Trinajstić information content (AvgIpc) is 3.49. The SMILES string of the molecule is Cc1ccc(C(O)C2OC3OC(C)(C)OC3C2O)cc1Cc1ccc(-c2ccc(C(=O)O)cc2)s1. The van der Waals surface area contributed by atoms with Gasteiger partial charge in [-0.25, -0.2) is 4.79 Å². The molecule has 1 aromatic heterocycles. The molecular formula is C27H28O7S. The number of carboxylic acids is 1. The molecule has 2 aliphatic heterocycles. The van der Waals surface area contributed by atoms with Crippen molar-refractivity contribution in [3.63, 3.8) is 0 Å². The largest absolute Gasteiger partial charge is 0.478 e. The zero-order valence-electron chi connectivity index (χ0n) is 19.7. The van der Waals surface area contributed by atoms with E-state index in [0.717, 1.165) is 26.4 Å². The molecule has 0 saturated carbocycles. The highest BCUT2D eigenvalue weighted by Crippen LogP contribution is 2.41. The Labute approximate surface area is 207 Å². The van der Waals surface area contributed by atoms with Crippen LogP contribution in [-0.2, 0) is 20.6 Å². The van der Waals surface area contributed by atoms with Crippen molar-refractivity contribution in [3.8, 4) is 10.4 Å². The molecule has 0 aliphatic carbocycles. The third kappa shape index (κ3) is 4.78. The van der Waals surface area contributed by atoms with Crippen LogP contribution in [-0.4, -0.2) is 51.7 Å². The second-order valence-electron chi connectivity index (χ2n) is 9.52. The third-order valence-electron chi connectivity index (χ3n) is 6.52. The molecule has 2 fully saturated rings. The molecule has 3 aromatic rings. The molecule has 35 heavy (non-hydrogen) atoms. The average molecular weight is 497 g/mol. The van der Waals surface area contributed by atoms with Crippen molar-refractivity contribution < 1.29 is 34.3 Å². The van der Waals surface area contributed by atoms with Crippen molar-refractivity contribution >= 4 is 17.3 Å². The van der Waals surface area contributed by atoms with Crippen LogP contribution >= 0.6 is 11.3 Å². The number of ether oxygens (including phenoxy) is 3. The molecule has 3 heterocycles. The van der Waals surface area contributed by atoms with Gasteiger partial charge < -0.3 is 29.5 Å². The lowest BCUT2D eigenvalue weighted by Gasteiger charge is -2.26. The van der Waals surface area contributed by atoms with E-state index in [-0.39, 0.29) is 5.56 Å². The molecule has 0 spiro atoms. The standard InChI is InChI=1S/C27H28O7S/c1-14-4-5-17(21(28)23-22(29)24-26(32-23)34-27(2,3)33-24)12-18(14)13-19-10-11-20(35-19)15-6-8-16(9-7-15)25(30)31/h4-12,21-24,26,28-29H,13H2,1-3H3,(H,30,31). The molecule has 8 heteroatoms. The number of hydrogen-bond acceptors (Lipinski definition) is 7. The monoisotopic (exact) mass is 496 g/mol. The fourth-order valence-corrected chi connectivity index (χ4v) is 5.66. The second-order valence-corrected chi connectivity index (χ2v) is 10.7. The normalized spacial score (nSPS) is 26.0. The molecular weight excluding hydrogens is 468 g/mol. The number of fused-ring (bicyclic) bond motifs is 1. The summed E-state index contributed by atoms with van der Waals surface area (Å²) in [6.45, 7) is 5.56. The number of aryl methyl sites for hydroxylation is 1. The fraction of sp³-hybridized carbons (Fsp3) is 0.370. The minimum absolute atomic E-state index is 0.262. The molecule has 0 amide bonds. The van der Waals surface area contributed by atoms with Crippen LogP contribution in [0.3, 0.4) is 0 Å². The van der Waals surface area contributed by atoms with Crippen LogP contribution in [0.5, 0.6) is 0 Å². The Balaban J connectivity index is 1.31. The maximum Gasteiger partial charge on any atom is 0.335 e. The van der Waals surface area contributed by atoms with Crippen molar-refractivity contribution in [3.05, 3.63) is 81.7 Å². The first kappa shape index (κ1) is 24.1. The van der Waals surface area contributed by atoms with Gasteiger partial charge in [-0.1, -0.05) is 30.3 Å². The van der Waals surface area contributed by atoms with E-state index in [1.807, 2.05) is 43.3 Å². The first-order valence-corrected chi connectivity index (χ1v) is 12.3. The van der Waals surface area contributed by atoms with E-state index in [9.17, 15) is 15.0 Å². The number of benzene rings is 2. The Bertz CT molecular complexity index is 1230. The summed E-state index contributed by atoms with van der Waals surface area (Å²) in [6.07, 6.45) is -3.55. The number of aliphatic hydroxyl groups is 2. The van der Waals surface area contributed by atoms with Crippen molar-refractivity contribution in [1.82, 2.24) is 0 Å². The molecule has 3 N–H and O–H groups in total. The minimum Gasteiger partial charge on any atom is -0.478 e.